The number of carbonyl (C=O) groups excluding carboxylic acids is 1. The predicted molar refractivity (Wildman–Crippen MR) is 67.2 cm³/mol. The molecule has 114 valence electrons. The molecular formula is C13H13F3N2O3. The van der Waals surface area contributed by atoms with Gasteiger partial charge in [-0.3, -0.25) is 4.79 Å². The number of urea groups is 1. The number of carboxylic acids is 1. The summed E-state index contributed by atoms with van der Waals surface area (Å²) in [5.41, 5.74) is -0.621. The van der Waals surface area contributed by atoms with Crippen molar-refractivity contribution >= 4 is 17.7 Å². The van der Waals surface area contributed by atoms with Gasteiger partial charge in [0.25, 0.3) is 0 Å². The molecule has 1 aromatic rings. The first kappa shape index (κ1) is 15.1. The molecule has 2 atom stereocenters. The highest BCUT2D eigenvalue weighted by Gasteiger charge is 2.37. The van der Waals surface area contributed by atoms with Crippen molar-refractivity contribution in [1.29, 1.82) is 0 Å². The van der Waals surface area contributed by atoms with Gasteiger partial charge < -0.3 is 15.3 Å². The number of anilines is 1. The number of hydrogen-bond acceptors (Lipinski definition) is 2. The first-order chi connectivity index (χ1) is 9.79. The number of likely N-dealkylation sites (tertiary alicyclic amines) is 1. The van der Waals surface area contributed by atoms with E-state index >= 15 is 0 Å². The number of benzene rings is 1. The summed E-state index contributed by atoms with van der Waals surface area (Å²) in [4.78, 5) is 24.1. The van der Waals surface area contributed by atoms with E-state index in [1.54, 1.807) is 6.92 Å². The number of nitrogens with zero attached hydrogens (tertiary/aromatic N) is 1. The third-order valence-electron chi connectivity index (χ3n) is 3.45. The largest absolute Gasteiger partial charge is 0.481 e. The van der Waals surface area contributed by atoms with Crippen molar-refractivity contribution in [3.63, 3.8) is 0 Å². The minimum absolute atomic E-state index is 0.0399. The Morgan fingerprint density at radius 3 is 2.52 bits per heavy atom. The monoisotopic (exact) mass is 302 g/mol. The summed E-state index contributed by atoms with van der Waals surface area (Å²) in [5, 5.41) is 11.0. The zero-order valence-corrected chi connectivity index (χ0v) is 11.1. The summed E-state index contributed by atoms with van der Waals surface area (Å²) >= 11 is 0. The van der Waals surface area contributed by atoms with Gasteiger partial charge in [0.1, 0.15) is 5.82 Å². The van der Waals surface area contributed by atoms with E-state index in [1.165, 1.54) is 4.90 Å². The maximum atomic E-state index is 13.4. The summed E-state index contributed by atoms with van der Waals surface area (Å²) in [6.07, 6.45) is 0. The van der Waals surface area contributed by atoms with Crippen LogP contribution >= 0.6 is 0 Å². The molecule has 0 aliphatic carbocycles. The third-order valence-corrected chi connectivity index (χ3v) is 3.45. The number of amides is 2. The van der Waals surface area contributed by atoms with Crippen LogP contribution in [-0.4, -0.2) is 35.1 Å². The molecule has 8 heteroatoms. The van der Waals surface area contributed by atoms with Gasteiger partial charge in [0.05, 0.1) is 11.6 Å². The van der Waals surface area contributed by atoms with Crippen LogP contribution < -0.4 is 5.32 Å². The summed E-state index contributed by atoms with van der Waals surface area (Å²) in [5.74, 6) is -5.81. The van der Waals surface area contributed by atoms with E-state index in [9.17, 15) is 22.8 Å². The van der Waals surface area contributed by atoms with Gasteiger partial charge in [-0.05, 0) is 5.92 Å². The van der Waals surface area contributed by atoms with Gasteiger partial charge in [0.2, 0.25) is 0 Å². The van der Waals surface area contributed by atoms with Gasteiger partial charge in [-0.1, -0.05) is 6.92 Å². The van der Waals surface area contributed by atoms with Crippen molar-refractivity contribution in [3.8, 4) is 0 Å². The number of halogens is 3. The van der Waals surface area contributed by atoms with Crippen LogP contribution in [0, 0.1) is 29.3 Å². The van der Waals surface area contributed by atoms with Crippen LogP contribution in [0.3, 0.4) is 0 Å². The first-order valence-electron chi connectivity index (χ1n) is 6.23. The van der Waals surface area contributed by atoms with E-state index in [2.05, 4.69) is 5.32 Å². The lowest BCUT2D eigenvalue weighted by Crippen LogP contribution is -2.34. The average molecular weight is 302 g/mol. The second-order valence-corrected chi connectivity index (χ2v) is 5.01. The predicted octanol–water partition coefficient (Wildman–Crippen LogP) is 2.29. The van der Waals surface area contributed by atoms with Crippen molar-refractivity contribution in [1.82, 2.24) is 4.90 Å². The minimum Gasteiger partial charge on any atom is -0.481 e. The van der Waals surface area contributed by atoms with E-state index < -0.39 is 41.1 Å². The van der Waals surface area contributed by atoms with Gasteiger partial charge in [0, 0.05) is 25.2 Å². The lowest BCUT2D eigenvalue weighted by molar-refractivity contribution is -0.142. The van der Waals surface area contributed by atoms with Crippen molar-refractivity contribution < 1.29 is 27.9 Å². The number of carbonyl (C=O) groups is 2. The lowest BCUT2D eigenvalue weighted by atomic mass is 9.99. The van der Waals surface area contributed by atoms with Crippen LogP contribution in [0.4, 0.5) is 23.7 Å². The Balaban J connectivity index is 2.11. The SMILES string of the molecule is CC1CN(C(=O)Nc2cc(F)cc(F)c2F)CC1C(=O)O. The van der Waals surface area contributed by atoms with E-state index in [4.69, 9.17) is 5.11 Å². The Kier molecular flexibility index (Phi) is 4.06. The van der Waals surface area contributed by atoms with Crippen LogP contribution in [0.2, 0.25) is 0 Å². The lowest BCUT2D eigenvalue weighted by Gasteiger charge is -2.17. The molecule has 1 aliphatic rings. The standard InChI is InChI=1S/C13H13F3N2O3/c1-6-4-18(5-8(6)12(19)20)13(21)17-10-3-7(14)2-9(15)11(10)16/h2-3,6,8H,4-5H2,1H3,(H,17,21)(H,19,20). The van der Waals surface area contributed by atoms with E-state index in [1.807, 2.05) is 0 Å². The number of aliphatic carboxylic acids is 1. The van der Waals surface area contributed by atoms with E-state index in [-0.39, 0.29) is 19.0 Å². The van der Waals surface area contributed by atoms with Crippen molar-refractivity contribution in [2.24, 2.45) is 11.8 Å². The van der Waals surface area contributed by atoms with E-state index in [0.717, 1.165) is 0 Å². The fraction of sp³-hybridized carbons (Fsp3) is 0.385. The number of nitrogens with one attached hydrogen (secondary N) is 1. The van der Waals surface area contributed by atoms with Crippen LogP contribution in [-0.2, 0) is 4.79 Å². The van der Waals surface area contributed by atoms with Gasteiger partial charge in [-0.25, -0.2) is 18.0 Å². The molecule has 2 amide bonds. The average Bonchev–Trinajstić information content (AvgIpc) is 2.77. The molecule has 1 saturated heterocycles. The molecule has 2 N–H and O–H groups in total. The summed E-state index contributed by atoms with van der Waals surface area (Å²) < 4.78 is 39.5. The van der Waals surface area contributed by atoms with Crippen molar-refractivity contribution in [2.75, 3.05) is 18.4 Å². The Morgan fingerprint density at radius 1 is 1.29 bits per heavy atom. The molecule has 0 saturated carbocycles. The Bertz CT molecular complexity index is 594. The highest BCUT2D eigenvalue weighted by molar-refractivity contribution is 5.90. The first-order valence-corrected chi connectivity index (χ1v) is 6.23. The third kappa shape index (κ3) is 3.09. The molecule has 1 heterocycles. The van der Waals surface area contributed by atoms with Crippen LogP contribution in [0.1, 0.15) is 6.92 Å². The second kappa shape index (κ2) is 5.63. The van der Waals surface area contributed by atoms with E-state index in [0.29, 0.717) is 12.1 Å². The highest BCUT2D eigenvalue weighted by atomic mass is 19.2. The summed E-state index contributed by atoms with van der Waals surface area (Å²) in [7, 11) is 0. The molecule has 0 spiro atoms. The Morgan fingerprint density at radius 2 is 1.95 bits per heavy atom. The van der Waals surface area contributed by atoms with Crippen molar-refractivity contribution in [2.45, 2.75) is 6.92 Å². The van der Waals surface area contributed by atoms with Crippen LogP contribution in [0.5, 0.6) is 0 Å². The summed E-state index contributed by atoms with van der Waals surface area (Å²) in [6.45, 7) is 1.80. The smallest absolute Gasteiger partial charge is 0.321 e. The van der Waals surface area contributed by atoms with Crippen molar-refractivity contribution in [3.05, 3.63) is 29.6 Å². The fourth-order valence-corrected chi connectivity index (χ4v) is 2.30. The zero-order chi connectivity index (χ0) is 15.7. The second-order valence-electron chi connectivity index (χ2n) is 5.01. The topological polar surface area (TPSA) is 69.6 Å². The zero-order valence-electron chi connectivity index (χ0n) is 11.1. The molecule has 0 bridgehead atoms. The molecule has 2 unspecified atom stereocenters. The number of rotatable bonds is 2. The normalized spacial score (nSPS) is 21.4. The maximum absolute atomic E-state index is 13.4. The Hall–Kier alpha value is -2.25. The molecular weight excluding hydrogens is 289 g/mol. The molecule has 1 aliphatic heterocycles. The summed E-state index contributed by atoms with van der Waals surface area (Å²) in [6, 6.07) is 0.225. The van der Waals surface area contributed by atoms with Gasteiger partial charge >= 0.3 is 12.0 Å². The minimum atomic E-state index is -1.41. The molecule has 2 rings (SSSR count). The molecule has 5 nitrogen and oxygen atoms in total. The highest BCUT2D eigenvalue weighted by Crippen LogP contribution is 2.25. The fourth-order valence-electron chi connectivity index (χ4n) is 2.30. The van der Waals surface area contributed by atoms with Gasteiger partial charge in [-0.15, -0.1) is 0 Å². The molecule has 0 aromatic heterocycles. The van der Waals surface area contributed by atoms with Gasteiger partial charge in [0.15, 0.2) is 11.6 Å². The molecule has 21 heavy (non-hydrogen) atoms. The Labute approximate surface area is 118 Å². The molecule has 0 radical (unpaired) electrons. The van der Waals surface area contributed by atoms with Crippen LogP contribution in [0.25, 0.3) is 0 Å². The molecule has 1 fully saturated rings. The maximum Gasteiger partial charge on any atom is 0.321 e. The van der Waals surface area contributed by atoms with Gasteiger partial charge in [-0.2, -0.15) is 0 Å². The molecule has 1 aromatic carbocycles. The number of hydrogen-bond donors (Lipinski definition) is 2. The van der Waals surface area contributed by atoms with Crippen LogP contribution in [0.15, 0.2) is 12.1 Å². The number of carboxylic acid groups (broad SMARTS) is 1. The quantitative estimate of drug-likeness (QED) is 0.824.